The molecule has 0 bridgehead atoms. The van der Waals surface area contributed by atoms with Crippen LogP contribution in [0.15, 0.2) is 53.2 Å². The number of rotatable bonds is 4. The van der Waals surface area contributed by atoms with E-state index in [0.29, 0.717) is 0 Å². The number of aromatic nitrogens is 2. The first-order valence-corrected chi connectivity index (χ1v) is 9.87. The van der Waals surface area contributed by atoms with Crippen molar-refractivity contribution in [2.45, 2.75) is 38.3 Å². The molecular formula is C22H23N3O3. The number of fused-ring (bicyclic) bond motifs is 1. The van der Waals surface area contributed by atoms with Gasteiger partial charge in [-0.2, -0.15) is 0 Å². The van der Waals surface area contributed by atoms with Gasteiger partial charge in [0, 0.05) is 24.4 Å². The molecule has 0 amide bonds. The predicted octanol–water partition coefficient (Wildman–Crippen LogP) is 4.58. The maximum absolute atomic E-state index is 5.71. The Morgan fingerprint density at radius 3 is 2.89 bits per heavy atom. The molecule has 1 saturated heterocycles. The van der Waals surface area contributed by atoms with E-state index in [1.54, 1.807) is 0 Å². The lowest BCUT2D eigenvalue weighted by molar-refractivity contribution is 0.174. The lowest BCUT2D eigenvalue weighted by Gasteiger charge is -2.27. The third kappa shape index (κ3) is 3.47. The van der Waals surface area contributed by atoms with E-state index in [0.717, 1.165) is 53.7 Å². The van der Waals surface area contributed by atoms with Crippen LogP contribution in [0.3, 0.4) is 0 Å². The summed E-state index contributed by atoms with van der Waals surface area (Å²) in [5.74, 6) is 2.28. The molecule has 1 fully saturated rings. The molecule has 1 aromatic carbocycles. The van der Waals surface area contributed by atoms with Crippen LogP contribution in [-0.4, -0.2) is 28.4 Å². The Hall–Kier alpha value is -2.86. The average molecular weight is 377 g/mol. The molecule has 0 saturated carbocycles. The van der Waals surface area contributed by atoms with E-state index >= 15 is 0 Å². The average Bonchev–Trinajstić information content (AvgIpc) is 3.35. The third-order valence-electron chi connectivity index (χ3n) is 5.48. The molecule has 0 radical (unpaired) electrons. The van der Waals surface area contributed by atoms with Crippen LogP contribution in [0.25, 0.3) is 11.3 Å². The summed E-state index contributed by atoms with van der Waals surface area (Å²) >= 11 is 0. The molecule has 0 spiro atoms. The second-order valence-electron chi connectivity index (χ2n) is 7.34. The van der Waals surface area contributed by atoms with E-state index in [1.165, 1.54) is 19.3 Å². The predicted molar refractivity (Wildman–Crippen MR) is 104 cm³/mol. The molecule has 3 aromatic rings. The molecule has 0 N–H and O–H groups in total. The zero-order valence-corrected chi connectivity index (χ0v) is 15.7. The fourth-order valence-corrected chi connectivity index (χ4v) is 4.02. The number of ether oxygens (including phenoxy) is 2. The van der Waals surface area contributed by atoms with Crippen molar-refractivity contribution in [3.63, 3.8) is 0 Å². The molecule has 1 atom stereocenters. The van der Waals surface area contributed by atoms with Crippen molar-refractivity contribution in [1.82, 2.24) is 15.0 Å². The van der Waals surface area contributed by atoms with E-state index in [2.05, 4.69) is 27.2 Å². The van der Waals surface area contributed by atoms with E-state index in [1.807, 2.05) is 36.5 Å². The highest BCUT2D eigenvalue weighted by Crippen LogP contribution is 2.37. The van der Waals surface area contributed by atoms with Crippen LogP contribution in [-0.2, 0) is 6.54 Å². The van der Waals surface area contributed by atoms with Gasteiger partial charge in [0.05, 0.1) is 11.7 Å². The minimum Gasteiger partial charge on any atom is -0.454 e. The summed E-state index contributed by atoms with van der Waals surface area (Å²) in [5.41, 5.74) is 3.03. The fraction of sp³-hybridized carbons (Fsp3) is 0.364. The van der Waals surface area contributed by atoms with Crippen molar-refractivity contribution in [2.24, 2.45) is 0 Å². The van der Waals surface area contributed by atoms with Gasteiger partial charge in [-0.1, -0.05) is 24.1 Å². The highest BCUT2D eigenvalue weighted by molar-refractivity contribution is 5.63. The lowest BCUT2D eigenvalue weighted by Crippen LogP contribution is -2.28. The molecule has 0 aliphatic carbocycles. The summed E-state index contributed by atoms with van der Waals surface area (Å²) in [6, 6.07) is 14.3. The van der Waals surface area contributed by atoms with Gasteiger partial charge in [-0.3, -0.25) is 9.88 Å². The Morgan fingerprint density at radius 2 is 1.96 bits per heavy atom. The maximum atomic E-state index is 5.71. The van der Waals surface area contributed by atoms with Crippen LogP contribution in [0.5, 0.6) is 11.5 Å². The summed E-state index contributed by atoms with van der Waals surface area (Å²) in [6.07, 6.45) is 6.60. The van der Waals surface area contributed by atoms with Gasteiger partial charge in [0.1, 0.15) is 5.69 Å². The molecule has 2 aliphatic heterocycles. The molecule has 6 heteroatoms. The van der Waals surface area contributed by atoms with Gasteiger partial charge in [0.25, 0.3) is 0 Å². The quantitative estimate of drug-likeness (QED) is 0.663. The molecule has 144 valence electrons. The Kier molecular flexibility index (Phi) is 4.71. The first-order chi connectivity index (χ1) is 13.9. The largest absolute Gasteiger partial charge is 0.454 e. The van der Waals surface area contributed by atoms with Crippen molar-refractivity contribution in [3.8, 4) is 22.8 Å². The zero-order valence-electron chi connectivity index (χ0n) is 15.7. The topological polar surface area (TPSA) is 60.6 Å². The number of pyridine rings is 1. The summed E-state index contributed by atoms with van der Waals surface area (Å²) < 4.78 is 16.6. The molecule has 5 rings (SSSR count). The number of hydrogen-bond donors (Lipinski definition) is 0. The Balaban J connectivity index is 1.40. The second-order valence-corrected chi connectivity index (χ2v) is 7.34. The third-order valence-corrected chi connectivity index (χ3v) is 5.48. The van der Waals surface area contributed by atoms with Crippen LogP contribution in [0.4, 0.5) is 0 Å². The van der Waals surface area contributed by atoms with Crippen LogP contribution in [0, 0.1) is 0 Å². The Morgan fingerprint density at radius 1 is 1.00 bits per heavy atom. The van der Waals surface area contributed by atoms with Crippen LogP contribution in [0.2, 0.25) is 0 Å². The lowest BCUT2D eigenvalue weighted by atomic mass is 10.0. The number of nitrogens with zero attached hydrogens (tertiary/aromatic N) is 3. The van der Waals surface area contributed by atoms with Crippen molar-refractivity contribution in [1.29, 1.82) is 0 Å². The standard InChI is InChI=1S/C22H23N3O3/c1-2-7-19(25(11-5-1)14-17-6-3-4-10-23-17)18-13-21(28-24-18)16-8-9-20-22(12-16)27-15-26-20/h3-4,6,8-10,12-13,19H,1-2,5,7,11,14-15H2/t19-/m1/s1. The Labute approximate surface area is 164 Å². The summed E-state index contributed by atoms with van der Waals surface area (Å²) in [6.45, 7) is 2.15. The van der Waals surface area contributed by atoms with Gasteiger partial charge in [-0.05, 0) is 49.7 Å². The van der Waals surface area contributed by atoms with E-state index in [9.17, 15) is 0 Å². The van der Waals surface area contributed by atoms with Crippen LogP contribution >= 0.6 is 0 Å². The SMILES string of the molecule is c1ccc(CN2CCCCC[C@@H]2c2cc(-c3ccc4c(c3)OCO4)on2)nc1. The molecule has 4 heterocycles. The molecule has 0 unspecified atom stereocenters. The van der Waals surface area contributed by atoms with E-state index in [4.69, 9.17) is 14.0 Å². The van der Waals surface area contributed by atoms with Crippen LogP contribution in [0.1, 0.15) is 43.1 Å². The summed E-state index contributed by atoms with van der Waals surface area (Å²) in [4.78, 5) is 6.99. The van der Waals surface area contributed by atoms with E-state index in [-0.39, 0.29) is 12.8 Å². The zero-order chi connectivity index (χ0) is 18.8. The van der Waals surface area contributed by atoms with Gasteiger partial charge in [-0.25, -0.2) is 0 Å². The van der Waals surface area contributed by atoms with E-state index < -0.39 is 0 Å². The fourth-order valence-electron chi connectivity index (χ4n) is 4.02. The highest BCUT2D eigenvalue weighted by atomic mass is 16.7. The van der Waals surface area contributed by atoms with Gasteiger partial charge >= 0.3 is 0 Å². The maximum Gasteiger partial charge on any atom is 0.231 e. The van der Waals surface area contributed by atoms with Crippen molar-refractivity contribution in [2.75, 3.05) is 13.3 Å². The summed E-state index contributed by atoms with van der Waals surface area (Å²) in [7, 11) is 0. The normalized spacial score (nSPS) is 19.5. The second kappa shape index (κ2) is 7.64. The molecular weight excluding hydrogens is 354 g/mol. The highest BCUT2D eigenvalue weighted by Gasteiger charge is 2.26. The minimum atomic E-state index is 0.246. The smallest absolute Gasteiger partial charge is 0.231 e. The van der Waals surface area contributed by atoms with Gasteiger partial charge in [-0.15, -0.1) is 0 Å². The Bertz CT molecular complexity index is 941. The first kappa shape index (κ1) is 17.3. The molecule has 2 aromatic heterocycles. The first-order valence-electron chi connectivity index (χ1n) is 9.87. The molecule has 2 aliphatic rings. The number of likely N-dealkylation sites (tertiary alicyclic amines) is 1. The van der Waals surface area contributed by atoms with Gasteiger partial charge < -0.3 is 14.0 Å². The number of hydrogen-bond acceptors (Lipinski definition) is 6. The van der Waals surface area contributed by atoms with Crippen LogP contribution < -0.4 is 9.47 Å². The van der Waals surface area contributed by atoms with Crippen molar-refractivity contribution < 1.29 is 14.0 Å². The van der Waals surface area contributed by atoms with Gasteiger partial charge in [0.2, 0.25) is 6.79 Å². The molecule has 28 heavy (non-hydrogen) atoms. The summed E-state index contributed by atoms with van der Waals surface area (Å²) in [5, 5.41) is 4.43. The monoisotopic (exact) mass is 377 g/mol. The molecule has 6 nitrogen and oxygen atoms in total. The van der Waals surface area contributed by atoms with Crippen molar-refractivity contribution >= 4 is 0 Å². The number of benzene rings is 1. The van der Waals surface area contributed by atoms with Gasteiger partial charge in [0.15, 0.2) is 17.3 Å². The minimum absolute atomic E-state index is 0.246. The van der Waals surface area contributed by atoms with Crippen molar-refractivity contribution in [3.05, 3.63) is 60.0 Å².